The highest BCUT2D eigenvalue weighted by Gasteiger charge is 2.16. The molecule has 0 bridgehead atoms. The fraction of sp³-hybridized carbons (Fsp3) is 0.312. The van der Waals surface area contributed by atoms with E-state index >= 15 is 0 Å². The zero-order chi connectivity index (χ0) is 16.4. The number of aromatic hydroxyl groups is 1. The minimum Gasteiger partial charge on any atom is -0.494 e. The molecule has 0 unspecified atom stereocenters. The van der Waals surface area contributed by atoms with Crippen molar-refractivity contribution in [3.8, 4) is 5.88 Å². The zero-order valence-electron chi connectivity index (χ0n) is 13.1. The van der Waals surface area contributed by atoms with E-state index in [4.69, 9.17) is 0 Å². The lowest BCUT2D eigenvalue weighted by atomic mass is 10.1. The van der Waals surface area contributed by atoms with Gasteiger partial charge in [-0.1, -0.05) is 29.8 Å². The first kappa shape index (κ1) is 15.8. The summed E-state index contributed by atoms with van der Waals surface area (Å²) in [5, 5.41) is 10.1. The van der Waals surface area contributed by atoms with E-state index in [1.807, 2.05) is 31.2 Å². The van der Waals surface area contributed by atoms with Crippen molar-refractivity contribution in [3.05, 3.63) is 61.8 Å². The molecule has 22 heavy (non-hydrogen) atoms. The van der Waals surface area contributed by atoms with Gasteiger partial charge in [-0.15, -0.1) is 0 Å². The molecule has 0 spiro atoms. The molecule has 0 amide bonds. The van der Waals surface area contributed by atoms with E-state index in [1.165, 1.54) is 14.1 Å². The summed E-state index contributed by atoms with van der Waals surface area (Å²) in [6.45, 7) is 4.05. The minimum absolute atomic E-state index is 0.0525. The molecule has 0 aliphatic carbocycles. The summed E-state index contributed by atoms with van der Waals surface area (Å²) in [6.07, 6.45) is 0. The van der Waals surface area contributed by atoms with Gasteiger partial charge in [-0.25, -0.2) is 4.79 Å². The Labute approximate surface area is 128 Å². The number of nitrogens with zero attached hydrogens (tertiary/aromatic N) is 3. The molecule has 1 aromatic heterocycles. The van der Waals surface area contributed by atoms with Crippen LogP contribution in [0.25, 0.3) is 0 Å². The molecule has 2 rings (SSSR count). The van der Waals surface area contributed by atoms with Crippen molar-refractivity contribution in [2.75, 3.05) is 0 Å². The van der Waals surface area contributed by atoms with Crippen LogP contribution in [0.15, 0.2) is 38.8 Å². The standard InChI is InChI=1S/C16H19N3O3/c1-10-5-7-12(8-6-10)9-17-11(2)13-14(20)18(3)16(22)19(4)15(13)21/h5-8,20H,9H2,1-4H3. The summed E-state index contributed by atoms with van der Waals surface area (Å²) in [4.78, 5) is 28.2. The molecule has 0 fully saturated rings. The summed E-state index contributed by atoms with van der Waals surface area (Å²) in [6, 6.07) is 7.90. The second-order valence-electron chi connectivity index (χ2n) is 5.29. The molecule has 0 saturated heterocycles. The van der Waals surface area contributed by atoms with Gasteiger partial charge in [-0.2, -0.15) is 0 Å². The van der Waals surface area contributed by atoms with E-state index in [0.29, 0.717) is 12.3 Å². The fourth-order valence-corrected chi connectivity index (χ4v) is 2.13. The first-order chi connectivity index (χ1) is 10.3. The maximum absolute atomic E-state index is 12.2. The Morgan fingerprint density at radius 2 is 1.73 bits per heavy atom. The Hall–Kier alpha value is -2.63. The van der Waals surface area contributed by atoms with Gasteiger partial charge in [0.15, 0.2) is 0 Å². The van der Waals surface area contributed by atoms with Gasteiger partial charge >= 0.3 is 5.69 Å². The third-order valence-electron chi connectivity index (χ3n) is 3.61. The molecule has 6 nitrogen and oxygen atoms in total. The number of benzene rings is 1. The van der Waals surface area contributed by atoms with Crippen LogP contribution in [-0.4, -0.2) is 20.0 Å². The normalized spacial score (nSPS) is 11.7. The first-order valence-electron chi connectivity index (χ1n) is 6.89. The van der Waals surface area contributed by atoms with Crippen molar-refractivity contribution in [2.24, 2.45) is 19.1 Å². The Morgan fingerprint density at radius 1 is 1.14 bits per heavy atom. The van der Waals surface area contributed by atoms with Crippen molar-refractivity contribution < 1.29 is 5.11 Å². The Morgan fingerprint density at radius 3 is 2.32 bits per heavy atom. The molecular formula is C16H19N3O3. The van der Waals surface area contributed by atoms with Crippen LogP contribution in [0.4, 0.5) is 0 Å². The third-order valence-corrected chi connectivity index (χ3v) is 3.61. The van der Waals surface area contributed by atoms with Crippen molar-refractivity contribution in [1.29, 1.82) is 0 Å². The van der Waals surface area contributed by atoms with Crippen LogP contribution in [0.5, 0.6) is 5.88 Å². The second kappa shape index (κ2) is 6.01. The topological polar surface area (TPSA) is 76.6 Å². The highest BCUT2D eigenvalue weighted by atomic mass is 16.3. The van der Waals surface area contributed by atoms with Crippen LogP contribution in [0, 0.1) is 6.92 Å². The van der Waals surface area contributed by atoms with Crippen molar-refractivity contribution >= 4 is 5.71 Å². The van der Waals surface area contributed by atoms with Crippen LogP contribution in [0.2, 0.25) is 0 Å². The molecule has 2 aromatic rings. The highest BCUT2D eigenvalue weighted by Crippen LogP contribution is 2.11. The number of aryl methyl sites for hydroxylation is 1. The second-order valence-corrected chi connectivity index (χ2v) is 5.29. The summed E-state index contributed by atoms with van der Waals surface area (Å²) in [5.74, 6) is -0.363. The molecular weight excluding hydrogens is 282 g/mol. The van der Waals surface area contributed by atoms with Gasteiger partial charge in [-0.3, -0.25) is 18.9 Å². The predicted molar refractivity (Wildman–Crippen MR) is 85.7 cm³/mol. The number of hydrogen-bond donors (Lipinski definition) is 1. The van der Waals surface area contributed by atoms with E-state index in [-0.39, 0.29) is 11.4 Å². The molecule has 116 valence electrons. The van der Waals surface area contributed by atoms with Crippen LogP contribution in [0.1, 0.15) is 23.6 Å². The van der Waals surface area contributed by atoms with Crippen molar-refractivity contribution in [1.82, 2.24) is 9.13 Å². The van der Waals surface area contributed by atoms with Gasteiger partial charge in [0.2, 0.25) is 5.88 Å². The number of aromatic nitrogens is 2. The van der Waals surface area contributed by atoms with E-state index < -0.39 is 11.2 Å². The number of rotatable bonds is 3. The molecule has 0 radical (unpaired) electrons. The molecule has 0 aliphatic rings. The summed E-state index contributed by atoms with van der Waals surface area (Å²) in [7, 11) is 2.79. The van der Waals surface area contributed by atoms with Crippen molar-refractivity contribution in [2.45, 2.75) is 20.4 Å². The van der Waals surface area contributed by atoms with Gasteiger partial charge < -0.3 is 5.11 Å². The van der Waals surface area contributed by atoms with Gasteiger partial charge in [-0.05, 0) is 19.4 Å². The van der Waals surface area contributed by atoms with Crippen LogP contribution < -0.4 is 11.2 Å². The van der Waals surface area contributed by atoms with E-state index in [2.05, 4.69) is 4.99 Å². The summed E-state index contributed by atoms with van der Waals surface area (Å²) < 4.78 is 1.99. The highest BCUT2D eigenvalue weighted by molar-refractivity contribution is 6.00. The fourth-order valence-electron chi connectivity index (χ4n) is 2.13. The van der Waals surface area contributed by atoms with Gasteiger partial charge in [0.05, 0.1) is 12.3 Å². The minimum atomic E-state index is -0.572. The van der Waals surface area contributed by atoms with Gasteiger partial charge in [0.25, 0.3) is 5.56 Å². The monoisotopic (exact) mass is 301 g/mol. The number of hydrogen-bond acceptors (Lipinski definition) is 4. The lowest BCUT2D eigenvalue weighted by molar-refractivity contribution is 0.410. The van der Waals surface area contributed by atoms with Crippen LogP contribution in [-0.2, 0) is 20.6 Å². The van der Waals surface area contributed by atoms with E-state index in [1.54, 1.807) is 6.92 Å². The molecule has 1 heterocycles. The Bertz CT molecular complexity index is 843. The Kier molecular flexibility index (Phi) is 4.30. The summed E-state index contributed by atoms with van der Waals surface area (Å²) in [5.41, 5.74) is 1.49. The Balaban J connectivity index is 2.43. The molecule has 1 N–H and O–H groups in total. The molecule has 6 heteroatoms. The predicted octanol–water partition coefficient (Wildman–Crippen LogP) is 1.11. The molecule has 1 aromatic carbocycles. The lowest BCUT2D eigenvalue weighted by Gasteiger charge is -2.10. The SMILES string of the molecule is CC(=NCc1ccc(C)cc1)c1c(O)n(C)c(=O)n(C)c1=O. The third kappa shape index (κ3) is 2.86. The van der Waals surface area contributed by atoms with Gasteiger partial charge in [0.1, 0.15) is 5.56 Å². The number of aliphatic imine (C=N–C) groups is 1. The maximum Gasteiger partial charge on any atom is 0.333 e. The van der Waals surface area contributed by atoms with Crippen LogP contribution in [0.3, 0.4) is 0 Å². The average molecular weight is 301 g/mol. The molecule has 0 aliphatic heterocycles. The largest absolute Gasteiger partial charge is 0.494 e. The average Bonchev–Trinajstić information content (AvgIpc) is 2.50. The van der Waals surface area contributed by atoms with Crippen molar-refractivity contribution in [3.63, 3.8) is 0 Å². The zero-order valence-corrected chi connectivity index (χ0v) is 13.1. The quantitative estimate of drug-likeness (QED) is 0.863. The van der Waals surface area contributed by atoms with E-state index in [0.717, 1.165) is 20.3 Å². The summed E-state index contributed by atoms with van der Waals surface area (Å²) >= 11 is 0. The lowest BCUT2D eigenvalue weighted by Crippen LogP contribution is -2.39. The van der Waals surface area contributed by atoms with Crippen LogP contribution >= 0.6 is 0 Å². The molecule has 0 atom stereocenters. The van der Waals surface area contributed by atoms with E-state index in [9.17, 15) is 14.7 Å². The molecule has 0 saturated carbocycles. The smallest absolute Gasteiger partial charge is 0.333 e. The first-order valence-corrected chi connectivity index (χ1v) is 6.89. The maximum atomic E-state index is 12.2. The van der Waals surface area contributed by atoms with Gasteiger partial charge in [0, 0.05) is 14.1 Å².